The number of nitrogens with two attached hydrogens (primary N) is 1. The highest BCUT2D eigenvalue weighted by Crippen LogP contribution is 2.17. The second-order valence-corrected chi connectivity index (χ2v) is 5.15. The number of nitrogen functional groups attached to an aromatic ring is 1. The molecule has 0 saturated heterocycles. The summed E-state index contributed by atoms with van der Waals surface area (Å²) in [5.41, 5.74) is 6.48. The molecule has 0 aromatic heterocycles. The Morgan fingerprint density at radius 1 is 1.24 bits per heavy atom. The van der Waals surface area contributed by atoms with Crippen LogP contribution in [0, 0.1) is 5.82 Å². The Balaban J connectivity index is 1.81. The van der Waals surface area contributed by atoms with Gasteiger partial charge in [0.2, 0.25) is 0 Å². The number of benzene rings is 2. The molecule has 0 aliphatic heterocycles. The van der Waals surface area contributed by atoms with E-state index in [4.69, 9.17) is 10.5 Å². The van der Waals surface area contributed by atoms with E-state index in [1.165, 1.54) is 18.2 Å². The average Bonchev–Trinajstić information content (AvgIpc) is 2.47. The first-order valence-corrected chi connectivity index (χ1v) is 7.07. The minimum Gasteiger partial charge on any atom is -0.492 e. The van der Waals surface area contributed by atoms with E-state index in [0.29, 0.717) is 29.1 Å². The Labute approximate surface area is 130 Å². The number of carbonyl (C=O) groups is 1. The van der Waals surface area contributed by atoms with Crippen LogP contribution in [-0.2, 0) is 0 Å². The second-order valence-electron chi connectivity index (χ2n) is 4.30. The van der Waals surface area contributed by atoms with E-state index in [1.54, 1.807) is 24.3 Å². The Morgan fingerprint density at radius 3 is 2.67 bits per heavy atom. The summed E-state index contributed by atoms with van der Waals surface area (Å²) in [6, 6.07) is 10.9. The van der Waals surface area contributed by atoms with Gasteiger partial charge in [-0.3, -0.25) is 4.79 Å². The predicted octanol–water partition coefficient (Wildman–Crippen LogP) is 2.98. The van der Waals surface area contributed by atoms with Gasteiger partial charge in [0.15, 0.2) is 0 Å². The quantitative estimate of drug-likeness (QED) is 0.642. The van der Waals surface area contributed by atoms with Crippen molar-refractivity contribution in [3.63, 3.8) is 0 Å². The number of amides is 1. The maximum absolute atomic E-state index is 13.1. The molecule has 1 amide bonds. The van der Waals surface area contributed by atoms with E-state index in [9.17, 15) is 9.18 Å². The van der Waals surface area contributed by atoms with Gasteiger partial charge in [0.1, 0.15) is 18.2 Å². The van der Waals surface area contributed by atoms with Gasteiger partial charge in [-0.25, -0.2) is 4.39 Å². The number of hydrogen-bond donors (Lipinski definition) is 2. The monoisotopic (exact) mass is 352 g/mol. The lowest BCUT2D eigenvalue weighted by molar-refractivity contribution is 0.0946. The van der Waals surface area contributed by atoms with Crippen molar-refractivity contribution < 1.29 is 13.9 Å². The van der Waals surface area contributed by atoms with Crippen LogP contribution >= 0.6 is 15.9 Å². The number of hydrogen-bond acceptors (Lipinski definition) is 3. The molecule has 0 spiro atoms. The highest BCUT2D eigenvalue weighted by molar-refractivity contribution is 9.10. The molecule has 2 aromatic carbocycles. The zero-order chi connectivity index (χ0) is 15.2. The zero-order valence-electron chi connectivity index (χ0n) is 11.1. The van der Waals surface area contributed by atoms with Crippen molar-refractivity contribution in [2.24, 2.45) is 0 Å². The smallest absolute Gasteiger partial charge is 0.252 e. The summed E-state index contributed by atoms with van der Waals surface area (Å²) in [6.07, 6.45) is 0. The van der Waals surface area contributed by atoms with Crippen molar-refractivity contribution in [2.45, 2.75) is 0 Å². The fourth-order valence-electron chi connectivity index (χ4n) is 1.66. The number of nitrogens with one attached hydrogen (secondary N) is 1. The third-order valence-corrected chi connectivity index (χ3v) is 3.40. The van der Waals surface area contributed by atoms with Crippen molar-refractivity contribution in [1.82, 2.24) is 5.32 Å². The zero-order valence-corrected chi connectivity index (χ0v) is 12.7. The van der Waals surface area contributed by atoms with E-state index >= 15 is 0 Å². The largest absolute Gasteiger partial charge is 0.492 e. The second kappa shape index (κ2) is 7.08. The van der Waals surface area contributed by atoms with E-state index < -0.39 is 5.82 Å². The fourth-order valence-corrected chi connectivity index (χ4v) is 2.09. The standard InChI is InChI=1S/C15H14BrFN2O2/c16-14-6-1-10(17)9-13(14)15(20)19-7-8-21-12-4-2-11(18)3-5-12/h1-6,9H,7-8,18H2,(H,19,20). The molecule has 0 radical (unpaired) electrons. The van der Waals surface area contributed by atoms with E-state index in [1.807, 2.05) is 0 Å². The van der Waals surface area contributed by atoms with Crippen LogP contribution in [0.25, 0.3) is 0 Å². The first-order chi connectivity index (χ1) is 10.1. The molecule has 6 heteroatoms. The molecule has 0 saturated carbocycles. The molecule has 2 rings (SSSR count). The Bertz CT molecular complexity index is 632. The molecule has 0 fully saturated rings. The van der Waals surface area contributed by atoms with Crippen LogP contribution in [0.15, 0.2) is 46.9 Å². The minimum atomic E-state index is -0.457. The molecule has 0 bridgehead atoms. The molecule has 21 heavy (non-hydrogen) atoms. The molecule has 0 aliphatic rings. The molecule has 0 aliphatic carbocycles. The molecule has 110 valence electrons. The summed E-state index contributed by atoms with van der Waals surface area (Å²) < 4.78 is 19.1. The van der Waals surface area contributed by atoms with Gasteiger partial charge in [0.05, 0.1) is 12.1 Å². The molecule has 2 aromatic rings. The number of ether oxygens (including phenoxy) is 1. The van der Waals surface area contributed by atoms with Crippen molar-refractivity contribution >= 4 is 27.5 Å². The summed E-state index contributed by atoms with van der Waals surface area (Å²) >= 11 is 3.21. The van der Waals surface area contributed by atoms with Gasteiger partial charge in [-0.05, 0) is 58.4 Å². The Kier molecular flexibility index (Phi) is 5.16. The maximum atomic E-state index is 13.1. The van der Waals surface area contributed by atoms with Gasteiger partial charge < -0.3 is 15.8 Å². The van der Waals surface area contributed by atoms with E-state index in [0.717, 1.165) is 0 Å². The van der Waals surface area contributed by atoms with Crippen LogP contribution in [-0.4, -0.2) is 19.1 Å². The summed E-state index contributed by atoms with van der Waals surface area (Å²) in [5, 5.41) is 2.66. The lowest BCUT2D eigenvalue weighted by Gasteiger charge is -2.09. The Hall–Kier alpha value is -2.08. The summed E-state index contributed by atoms with van der Waals surface area (Å²) in [5.74, 6) is -0.144. The summed E-state index contributed by atoms with van der Waals surface area (Å²) in [6.45, 7) is 0.620. The van der Waals surface area contributed by atoms with Gasteiger partial charge in [-0.1, -0.05) is 0 Å². The Morgan fingerprint density at radius 2 is 1.95 bits per heavy atom. The third kappa shape index (κ3) is 4.46. The SMILES string of the molecule is Nc1ccc(OCCNC(=O)c2cc(F)ccc2Br)cc1. The van der Waals surface area contributed by atoms with Gasteiger partial charge in [0, 0.05) is 10.2 Å². The minimum absolute atomic E-state index is 0.252. The van der Waals surface area contributed by atoms with Gasteiger partial charge in [-0.2, -0.15) is 0 Å². The van der Waals surface area contributed by atoms with Crippen LogP contribution in [0.2, 0.25) is 0 Å². The maximum Gasteiger partial charge on any atom is 0.252 e. The third-order valence-electron chi connectivity index (χ3n) is 2.71. The first kappa shape index (κ1) is 15.3. The molecular formula is C15H14BrFN2O2. The van der Waals surface area contributed by atoms with Crippen LogP contribution in [0.4, 0.5) is 10.1 Å². The van der Waals surface area contributed by atoms with Crippen LogP contribution < -0.4 is 15.8 Å². The van der Waals surface area contributed by atoms with E-state index in [-0.39, 0.29) is 11.5 Å². The van der Waals surface area contributed by atoms with Crippen LogP contribution in [0.1, 0.15) is 10.4 Å². The lowest BCUT2D eigenvalue weighted by Crippen LogP contribution is -2.28. The van der Waals surface area contributed by atoms with Gasteiger partial charge in [0.25, 0.3) is 5.91 Å². The first-order valence-electron chi connectivity index (χ1n) is 6.28. The van der Waals surface area contributed by atoms with Gasteiger partial charge in [-0.15, -0.1) is 0 Å². The molecule has 0 heterocycles. The van der Waals surface area contributed by atoms with Crippen molar-refractivity contribution in [3.8, 4) is 5.75 Å². The molecular weight excluding hydrogens is 339 g/mol. The topological polar surface area (TPSA) is 64.3 Å². The molecule has 0 unspecified atom stereocenters. The lowest BCUT2D eigenvalue weighted by atomic mass is 10.2. The van der Waals surface area contributed by atoms with Crippen LogP contribution in [0.3, 0.4) is 0 Å². The summed E-state index contributed by atoms with van der Waals surface area (Å²) in [7, 11) is 0. The highest BCUT2D eigenvalue weighted by atomic mass is 79.9. The highest BCUT2D eigenvalue weighted by Gasteiger charge is 2.10. The average molecular weight is 353 g/mol. The predicted molar refractivity (Wildman–Crippen MR) is 82.8 cm³/mol. The summed E-state index contributed by atoms with van der Waals surface area (Å²) in [4.78, 5) is 11.9. The fraction of sp³-hybridized carbons (Fsp3) is 0.133. The van der Waals surface area contributed by atoms with Crippen LogP contribution in [0.5, 0.6) is 5.75 Å². The van der Waals surface area contributed by atoms with Crippen molar-refractivity contribution in [2.75, 3.05) is 18.9 Å². The van der Waals surface area contributed by atoms with Crippen molar-refractivity contribution in [3.05, 3.63) is 58.3 Å². The molecule has 4 nitrogen and oxygen atoms in total. The van der Waals surface area contributed by atoms with Crippen molar-refractivity contribution in [1.29, 1.82) is 0 Å². The number of anilines is 1. The number of halogens is 2. The number of rotatable bonds is 5. The normalized spacial score (nSPS) is 10.2. The molecule has 3 N–H and O–H groups in total. The van der Waals surface area contributed by atoms with E-state index in [2.05, 4.69) is 21.2 Å². The molecule has 0 atom stereocenters. The van der Waals surface area contributed by atoms with Gasteiger partial charge >= 0.3 is 0 Å². The number of carbonyl (C=O) groups excluding carboxylic acids is 1.